The van der Waals surface area contributed by atoms with Gasteiger partial charge in [-0.05, 0) is 30.3 Å². The van der Waals surface area contributed by atoms with Crippen LogP contribution in [0.15, 0.2) is 42.5 Å². The van der Waals surface area contributed by atoms with E-state index in [9.17, 15) is 4.79 Å². The van der Waals surface area contributed by atoms with E-state index in [1.165, 1.54) is 0 Å². The summed E-state index contributed by atoms with van der Waals surface area (Å²) in [6, 6.07) is 11.8. The molecular formula is C15H13Cl2NO3. The van der Waals surface area contributed by atoms with Gasteiger partial charge in [-0.15, -0.1) is 0 Å². The summed E-state index contributed by atoms with van der Waals surface area (Å²) >= 11 is 11.8. The number of rotatable bonds is 5. The second kappa shape index (κ2) is 7.20. The number of carbonyl (C=O) groups is 1. The van der Waals surface area contributed by atoms with Gasteiger partial charge in [0.15, 0.2) is 6.61 Å². The van der Waals surface area contributed by atoms with Crippen LogP contribution in [0.2, 0.25) is 10.0 Å². The molecule has 0 spiro atoms. The van der Waals surface area contributed by atoms with E-state index in [4.69, 9.17) is 32.7 Å². The molecule has 0 aliphatic rings. The lowest BCUT2D eigenvalue weighted by Gasteiger charge is -2.09. The van der Waals surface area contributed by atoms with Crippen LogP contribution < -0.4 is 14.8 Å². The summed E-state index contributed by atoms with van der Waals surface area (Å²) in [4.78, 5) is 11.8. The summed E-state index contributed by atoms with van der Waals surface area (Å²) in [6.07, 6.45) is 0. The lowest BCUT2D eigenvalue weighted by atomic mass is 10.3. The lowest BCUT2D eigenvalue weighted by molar-refractivity contribution is -0.118. The normalized spacial score (nSPS) is 10.0. The first-order chi connectivity index (χ1) is 10.1. The van der Waals surface area contributed by atoms with E-state index in [0.717, 1.165) is 0 Å². The third-order valence-electron chi connectivity index (χ3n) is 2.61. The fourth-order valence-electron chi connectivity index (χ4n) is 1.62. The Morgan fingerprint density at radius 3 is 2.67 bits per heavy atom. The van der Waals surface area contributed by atoms with Crippen LogP contribution >= 0.6 is 23.2 Å². The van der Waals surface area contributed by atoms with Crippen molar-refractivity contribution in [2.24, 2.45) is 0 Å². The van der Waals surface area contributed by atoms with Gasteiger partial charge < -0.3 is 14.8 Å². The molecule has 0 unspecified atom stereocenters. The van der Waals surface area contributed by atoms with Gasteiger partial charge in [-0.1, -0.05) is 29.3 Å². The summed E-state index contributed by atoms with van der Waals surface area (Å²) in [5.74, 6) is 0.870. The van der Waals surface area contributed by atoms with E-state index >= 15 is 0 Å². The standard InChI is InChI=1S/C15H13Cl2NO3/c1-20-11-3-2-4-12(8-11)21-9-15(19)18-14-7-10(16)5-6-13(14)17/h2-8H,9H2,1H3,(H,18,19). The van der Waals surface area contributed by atoms with Gasteiger partial charge in [0, 0.05) is 11.1 Å². The number of carbonyl (C=O) groups excluding carboxylic acids is 1. The van der Waals surface area contributed by atoms with Crippen LogP contribution in [0.5, 0.6) is 11.5 Å². The van der Waals surface area contributed by atoms with Crippen LogP contribution in [-0.2, 0) is 4.79 Å². The van der Waals surface area contributed by atoms with Crippen molar-refractivity contribution in [2.75, 3.05) is 19.0 Å². The van der Waals surface area contributed by atoms with Gasteiger partial charge in [-0.2, -0.15) is 0 Å². The molecule has 2 aromatic rings. The highest BCUT2D eigenvalue weighted by Crippen LogP contribution is 2.25. The molecule has 2 rings (SSSR count). The Morgan fingerprint density at radius 1 is 1.14 bits per heavy atom. The maximum absolute atomic E-state index is 11.8. The molecule has 6 heteroatoms. The Labute approximate surface area is 132 Å². The number of halogens is 2. The minimum atomic E-state index is -0.331. The highest BCUT2D eigenvalue weighted by atomic mass is 35.5. The van der Waals surface area contributed by atoms with Gasteiger partial charge in [0.1, 0.15) is 11.5 Å². The lowest BCUT2D eigenvalue weighted by Crippen LogP contribution is -2.20. The summed E-state index contributed by atoms with van der Waals surface area (Å²) in [5.41, 5.74) is 0.448. The van der Waals surface area contributed by atoms with Gasteiger partial charge in [0.25, 0.3) is 5.91 Å². The zero-order chi connectivity index (χ0) is 15.2. The van der Waals surface area contributed by atoms with Crippen LogP contribution in [0, 0.1) is 0 Å². The van der Waals surface area contributed by atoms with Gasteiger partial charge in [-0.25, -0.2) is 0 Å². The van der Waals surface area contributed by atoms with E-state index in [1.807, 2.05) is 0 Å². The van der Waals surface area contributed by atoms with Crippen LogP contribution in [0.1, 0.15) is 0 Å². The Bertz CT molecular complexity index is 647. The van der Waals surface area contributed by atoms with Crippen LogP contribution in [0.3, 0.4) is 0 Å². The number of hydrogen-bond donors (Lipinski definition) is 1. The Morgan fingerprint density at radius 2 is 1.90 bits per heavy atom. The zero-order valence-corrected chi connectivity index (χ0v) is 12.7. The molecule has 0 aromatic heterocycles. The maximum Gasteiger partial charge on any atom is 0.262 e. The van der Waals surface area contributed by atoms with E-state index in [-0.39, 0.29) is 12.5 Å². The molecule has 0 radical (unpaired) electrons. The highest BCUT2D eigenvalue weighted by Gasteiger charge is 2.08. The monoisotopic (exact) mass is 325 g/mol. The number of amides is 1. The summed E-state index contributed by atoms with van der Waals surface area (Å²) in [5, 5.41) is 3.54. The smallest absolute Gasteiger partial charge is 0.262 e. The first-order valence-electron chi connectivity index (χ1n) is 6.10. The number of hydrogen-bond acceptors (Lipinski definition) is 3. The molecule has 0 saturated heterocycles. The van der Waals surface area contributed by atoms with Crippen molar-refractivity contribution in [2.45, 2.75) is 0 Å². The second-order valence-electron chi connectivity index (χ2n) is 4.14. The molecule has 2 aromatic carbocycles. The van der Waals surface area contributed by atoms with Crippen LogP contribution in [0.25, 0.3) is 0 Å². The average Bonchev–Trinajstić information content (AvgIpc) is 2.49. The largest absolute Gasteiger partial charge is 0.497 e. The van der Waals surface area contributed by atoms with Crippen molar-refractivity contribution in [3.8, 4) is 11.5 Å². The van der Waals surface area contributed by atoms with Gasteiger partial charge in [0.05, 0.1) is 17.8 Å². The third-order valence-corrected chi connectivity index (χ3v) is 3.18. The summed E-state index contributed by atoms with van der Waals surface area (Å²) in [6.45, 7) is -0.143. The minimum Gasteiger partial charge on any atom is -0.497 e. The Kier molecular flexibility index (Phi) is 5.31. The molecule has 0 heterocycles. The number of nitrogens with one attached hydrogen (secondary N) is 1. The minimum absolute atomic E-state index is 0.143. The van der Waals surface area contributed by atoms with Crippen molar-refractivity contribution in [3.05, 3.63) is 52.5 Å². The summed E-state index contributed by atoms with van der Waals surface area (Å²) < 4.78 is 10.5. The molecule has 21 heavy (non-hydrogen) atoms. The van der Waals surface area contributed by atoms with Crippen molar-refractivity contribution >= 4 is 34.8 Å². The van der Waals surface area contributed by atoms with Crippen molar-refractivity contribution < 1.29 is 14.3 Å². The Hall–Kier alpha value is -1.91. The van der Waals surface area contributed by atoms with E-state index < -0.39 is 0 Å². The van der Waals surface area contributed by atoms with Crippen molar-refractivity contribution in [1.82, 2.24) is 0 Å². The predicted molar refractivity (Wildman–Crippen MR) is 83.6 cm³/mol. The topological polar surface area (TPSA) is 47.6 Å². The molecule has 0 atom stereocenters. The van der Waals surface area contributed by atoms with E-state index in [2.05, 4.69) is 5.32 Å². The predicted octanol–water partition coefficient (Wildman–Crippen LogP) is 4.02. The van der Waals surface area contributed by atoms with Crippen molar-refractivity contribution in [3.63, 3.8) is 0 Å². The molecular weight excluding hydrogens is 313 g/mol. The number of anilines is 1. The molecule has 4 nitrogen and oxygen atoms in total. The maximum atomic E-state index is 11.8. The van der Waals surface area contributed by atoms with Gasteiger partial charge in [0.2, 0.25) is 0 Å². The fourth-order valence-corrected chi connectivity index (χ4v) is 1.96. The molecule has 1 amide bonds. The molecule has 0 aliphatic carbocycles. The summed E-state index contributed by atoms with van der Waals surface area (Å²) in [7, 11) is 1.56. The highest BCUT2D eigenvalue weighted by molar-refractivity contribution is 6.35. The number of benzene rings is 2. The Balaban J connectivity index is 1.94. The molecule has 110 valence electrons. The van der Waals surface area contributed by atoms with E-state index in [0.29, 0.717) is 27.2 Å². The first-order valence-corrected chi connectivity index (χ1v) is 6.86. The molecule has 0 bridgehead atoms. The second-order valence-corrected chi connectivity index (χ2v) is 4.98. The van der Waals surface area contributed by atoms with E-state index in [1.54, 1.807) is 49.6 Å². The zero-order valence-electron chi connectivity index (χ0n) is 11.2. The van der Waals surface area contributed by atoms with Gasteiger partial charge >= 0.3 is 0 Å². The third kappa shape index (κ3) is 4.55. The quantitative estimate of drug-likeness (QED) is 0.903. The van der Waals surface area contributed by atoms with Crippen LogP contribution in [-0.4, -0.2) is 19.6 Å². The average molecular weight is 326 g/mol. The fraction of sp³-hybridized carbons (Fsp3) is 0.133. The molecule has 0 fully saturated rings. The van der Waals surface area contributed by atoms with Gasteiger partial charge in [-0.3, -0.25) is 4.79 Å². The first kappa shape index (κ1) is 15.5. The molecule has 0 saturated carbocycles. The molecule has 1 N–H and O–H groups in total. The number of ether oxygens (including phenoxy) is 2. The van der Waals surface area contributed by atoms with Crippen molar-refractivity contribution in [1.29, 1.82) is 0 Å². The molecule has 0 aliphatic heterocycles. The number of methoxy groups -OCH3 is 1. The van der Waals surface area contributed by atoms with Crippen LogP contribution in [0.4, 0.5) is 5.69 Å². The SMILES string of the molecule is COc1cccc(OCC(=O)Nc2cc(Cl)ccc2Cl)c1.